The van der Waals surface area contributed by atoms with Gasteiger partial charge in [-0.25, -0.2) is 4.79 Å². The molecular formula is C26H26N2O6. The summed E-state index contributed by atoms with van der Waals surface area (Å²) in [5.41, 5.74) is 2.73. The highest BCUT2D eigenvalue weighted by Crippen LogP contribution is 2.16. The average Bonchev–Trinajstić information content (AvgIpc) is 2.83. The number of nitrogens with one attached hydrogen (secondary N) is 2. The zero-order chi connectivity index (χ0) is 24.3. The lowest BCUT2D eigenvalue weighted by Gasteiger charge is -2.10. The van der Waals surface area contributed by atoms with Gasteiger partial charge in [0.2, 0.25) is 5.91 Å². The van der Waals surface area contributed by atoms with Crippen molar-refractivity contribution in [2.75, 3.05) is 19.0 Å². The zero-order valence-electron chi connectivity index (χ0n) is 19.0. The molecule has 0 unspecified atom stereocenters. The van der Waals surface area contributed by atoms with Crippen LogP contribution in [-0.4, -0.2) is 31.7 Å². The lowest BCUT2D eigenvalue weighted by molar-refractivity contribution is -0.115. The lowest BCUT2D eigenvalue weighted by Crippen LogP contribution is -2.23. The molecule has 8 heteroatoms. The van der Waals surface area contributed by atoms with E-state index >= 15 is 0 Å². The molecule has 0 fully saturated rings. The molecule has 34 heavy (non-hydrogen) atoms. The Morgan fingerprint density at radius 2 is 1.59 bits per heavy atom. The minimum Gasteiger partial charge on any atom is -0.497 e. The Bertz CT molecular complexity index is 1140. The molecule has 3 aromatic carbocycles. The van der Waals surface area contributed by atoms with E-state index in [2.05, 4.69) is 10.6 Å². The van der Waals surface area contributed by atoms with Crippen molar-refractivity contribution in [1.29, 1.82) is 0 Å². The molecule has 3 rings (SSSR count). The van der Waals surface area contributed by atoms with Crippen molar-refractivity contribution in [3.63, 3.8) is 0 Å². The molecule has 0 saturated heterocycles. The highest BCUT2D eigenvalue weighted by atomic mass is 16.7. The third kappa shape index (κ3) is 7.37. The fraction of sp³-hybridized carbons (Fsp3) is 0.192. The van der Waals surface area contributed by atoms with Crippen molar-refractivity contribution in [1.82, 2.24) is 5.32 Å². The Morgan fingerprint density at radius 3 is 2.32 bits per heavy atom. The molecule has 3 aromatic rings. The summed E-state index contributed by atoms with van der Waals surface area (Å²) in [6, 6.07) is 20.8. The summed E-state index contributed by atoms with van der Waals surface area (Å²) in [7, 11) is 1.58. The largest absolute Gasteiger partial charge is 0.513 e. The summed E-state index contributed by atoms with van der Waals surface area (Å²) in [6.07, 6.45) is -0.580. The Hall–Kier alpha value is -4.33. The van der Waals surface area contributed by atoms with E-state index in [9.17, 15) is 14.4 Å². The summed E-state index contributed by atoms with van der Waals surface area (Å²) in [6.45, 7) is 2.17. The van der Waals surface area contributed by atoms with E-state index in [1.165, 1.54) is 12.1 Å². The van der Waals surface area contributed by atoms with Crippen LogP contribution in [0.1, 0.15) is 28.4 Å². The summed E-state index contributed by atoms with van der Waals surface area (Å²) < 4.78 is 14.9. The molecule has 0 aliphatic heterocycles. The van der Waals surface area contributed by atoms with E-state index in [-0.39, 0.29) is 37.1 Å². The molecule has 0 aliphatic carbocycles. The smallest absolute Gasteiger partial charge is 0.497 e. The predicted octanol–water partition coefficient (Wildman–Crippen LogP) is 4.34. The maximum absolute atomic E-state index is 12.4. The van der Waals surface area contributed by atoms with Crippen LogP contribution in [0.15, 0.2) is 72.8 Å². The number of benzene rings is 3. The fourth-order valence-corrected chi connectivity index (χ4v) is 3.13. The summed E-state index contributed by atoms with van der Waals surface area (Å²) in [4.78, 5) is 36.2. The minimum atomic E-state index is -0.796. The number of carbonyl (C=O) groups is 3. The Labute approximate surface area is 197 Å². The molecule has 0 aromatic heterocycles. The van der Waals surface area contributed by atoms with Crippen LogP contribution in [0.25, 0.3) is 0 Å². The Morgan fingerprint density at radius 1 is 0.853 bits per heavy atom. The molecule has 8 nitrogen and oxygen atoms in total. The average molecular weight is 463 g/mol. The summed E-state index contributed by atoms with van der Waals surface area (Å²) in [5, 5.41) is 5.71. The molecule has 0 saturated carbocycles. The van der Waals surface area contributed by atoms with Crippen molar-refractivity contribution < 1.29 is 28.6 Å². The maximum atomic E-state index is 12.4. The number of amides is 2. The van der Waals surface area contributed by atoms with Crippen LogP contribution in [-0.2, 0) is 22.5 Å². The van der Waals surface area contributed by atoms with Crippen molar-refractivity contribution in [2.45, 2.75) is 19.9 Å². The standard InChI is InChI=1S/C26H26N2O6/c1-3-33-26(31)34-22-12-10-20(11-13-22)25(30)27-17-19-7-4-8-21(14-19)28-24(29)16-18-6-5-9-23(15-18)32-2/h4-15H,3,16-17H2,1-2H3,(H,27,30)(H,28,29). The molecule has 0 atom stereocenters. The molecule has 176 valence electrons. The van der Waals surface area contributed by atoms with Crippen molar-refractivity contribution >= 4 is 23.7 Å². The maximum Gasteiger partial charge on any atom is 0.513 e. The second-order valence-corrected chi connectivity index (χ2v) is 7.27. The Balaban J connectivity index is 1.52. The zero-order valence-corrected chi connectivity index (χ0v) is 19.0. The van der Waals surface area contributed by atoms with E-state index in [4.69, 9.17) is 14.2 Å². The van der Waals surface area contributed by atoms with Gasteiger partial charge in [-0.2, -0.15) is 0 Å². The van der Waals surface area contributed by atoms with Gasteiger partial charge in [0.15, 0.2) is 0 Å². The number of hydrogen-bond donors (Lipinski definition) is 2. The second-order valence-electron chi connectivity index (χ2n) is 7.27. The minimum absolute atomic E-state index is 0.153. The normalized spacial score (nSPS) is 10.2. The Kier molecular flexibility index (Phi) is 8.62. The van der Waals surface area contributed by atoms with Crippen molar-refractivity contribution in [3.8, 4) is 11.5 Å². The first kappa shape index (κ1) is 24.3. The van der Waals surface area contributed by atoms with E-state index in [0.29, 0.717) is 17.0 Å². The molecule has 0 radical (unpaired) electrons. The highest BCUT2D eigenvalue weighted by Gasteiger charge is 2.09. The predicted molar refractivity (Wildman–Crippen MR) is 127 cm³/mol. The van der Waals surface area contributed by atoms with Gasteiger partial charge < -0.3 is 24.8 Å². The fourth-order valence-electron chi connectivity index (χ4n) is 3.13. The van der Waals surface area contributed by atoms with Crippen LogP contribution in [0.5, 0.6) is 11.5 Å². The molecule has 2 N–H and O–H groups in total. The highest BCUT2D eigenvalue weighted by molar-refractivity contribution is 5.94. The summed E-state index contributed by atoms with van der Waals surface area (Å²) in [5.74, 6) is 0.548. The van der Waals surface area contributed by atoms with E-state index in [1.807, 2.05) is 36.4 Å². The van der Waals surface area contributed by atoms with Gasteiger partial charge in [0.05, 0.1) is 20.1 Å². The number of anilines is 1. The topological polar surface area (TPSA) is 103 Å². The van der Waals surface area contributed by atoms with Gasteiger partial charge in [-0.05, 0) is 66.6 Å². The quantitative estimate of drug-likeness (QED) is 0.362. The molecule has 0 bridgehead atoms. The molecule has 2 amide bonds. The second kappa shape index (κ2) is 12.1. The van der Waals surface area contributed by atoms with E-state index < -0.39 is 6.16 Å². The summed E-state index contributed by atoms with van der Waals surface area (Å²) >= 11 is 0. The van der Waals surface area contributed by atoms with Crippen LogP contribution in [0, 0.1) is 0 Å². The van der Waals surface area contributed by atoms with Crippen LogP contribution in [0.4, 0.5) is 10.5 Å². The molecule has 0 aliphatic rings. The van der Waals surface area contributed by atoms with E-state index in [1.54, 1.807) is 38.3 Å². The number of carbonyl (C=O) groups excluding carboxylic acids is 3. The van der Waals surface area contributed by atoms with E-state index in [0.717, 1.165) is 11.1 Å². The number of rotatable bonds is 9. The van der Waals surface area contributed by atoms with Gasteiger partial charge in [-0.15, -0.1) is 0 Å². The van der Waals surface area contributed by atoms with Crippen molar-refractivity contribution in [3.05, 3.63) is 89.5 Å². The third-order valence-electron chi connectivity index (χ3n) is 4.74. The first-order valence-electron chi connectivity index (χ1n) is 10.7. The van der Waals surface area contributed by atoms with Crippen LogP contribution < -0.4 is 20.1 Å². The first-order valence-corrected chi connectivity index (χ1v) is 10.7. The number of hydrogen-bond acceptors (Lipinski definition) is 6. The molecule has 0 spiro atoms. The van der Waals surface area contributed by atoms with Gasteiger partial charge in [-0.1, -0.05) is 24.3 Å². The van der Waals surface area contributed by atoms with Crippen LogP contribution in [0.2, 0.25) is 0 Å². The van der Waals surface area contributed by atoms with Crippen LogP contribution >= 0.6 is 0 Å². The van der Waals surface area contributed by atoms with Crippen molar-refractivity contribution in [2.24, 2.45) is 0 Å². The van der Waals surface area contributed by atoms with Gasteiger partial charge in [-0.3, -0.25) is 9.59 Å². The van der Waals surface area contributed by atoms with Crippen LogP contribution in [0.3, 0.4) is 0 Å². The van der Waals surface area contributed by atoms with Gasteiger partial charge in [0.25, 0.3) is 5.91 Å². The van der Waals surface area contributed by atoms with Gasteiger partial charge >= 0.3 is 6.16 Å². The monoisotopic (exact) mass is 462 g/mol. The number of ether oxygens (including phenoxy) is 3. The third-order valence-corrected chi connectivity index (χ3v) is 4.74. The van der Waals surface area contributed by atoms with Gasteiger partial charge in [0.1, 0.15) is 11.5 Å². The SMILES string of the molecule is CCOC(=O)Oc1ccc(C(=O)NCc2cccc(NC(=O)Cc3cccc(OC)c3)c2)cc1. The first-order chi connectivity index (χ1) is 16.5. The number of methoxy groups -OCH3 is 1. The van der Waals surface area contributed by atoms with Gasteiger partial charge in [0, 0.05) is 17.8 Å². The molecule has 0 heterocycles. The molecular weight excluding hydrogens is 436 g/mol. The lowest BCUT2D eigenvalue weighted by atomic mass is 10.1.